The number of esters is 1. The average Bonchev–Trinajstić information content (AvgIpc) is 3.01. The lowest BCUT2D eigenvalue weighted by Gasteiger charge is -2.59. The lowest BCUT2D eigenvalue weighted by Crippen LogP contribution is -2.58. The average molecular weight is 573 g/mol. The molecule has 0 heterocycles. The van der Waals surface area contributed by atoms with Gasteiger partial charge in [-0.05, 0) is 130 Å². The van der Waals surface area contributed by atoms with Crippen molar-refractivity contribution in [2.75, 3.05) is 0 Å². The van der Waals surface area contributed by atoms with Gasteiger partial charge in [0.25, 0.3) is 6.29 Å². The maximum Gasteiger partial charge on any atom is 0.338 e. The first-order chi connectivity index (χ1) is 20.8. The van der Waals surface area contributed by atoms with Crippen molar-refractivity contribution in [3.05, 3.63) is 119 Å². The zero-order valence-electron chi connectivity index (χ0n) is 25.3. The fraction of sp³-hybridized carbons (Fsp3) is 0.359. The van der Waals surface area contributed by atoms with Crippen molar-refractivity contribution in [1.29, 1.82) is 0 Å². The summed E-state index contributed by atoms with van der Waals surface area (Å²) in [5, 5.41) is 0. The van der Waals surface area contributed by atoms with Gasteiger partial charge in [-0.2, -0.15) is 0 Å². The molecule has 0 saturated heterocycles. The number of ether oxygens (including phenoxy) is 3. The van der Waals surface area contributed by atoms with Crippen molar-refractivity contribution < 1.29 is 19.0 Å². The van der Waals surface area contributed by atoms with E-state index in [1.807, 2.05) is 97.9 Å². The molecule has 4 bridgehead atoms. The van der Waals surface area contributed by atoms with Crippen molar-refractivity contribution in [3.63, 3.8) is 0 Å². The molecule has 1 atom stereocenters. The highest BCUT2D eigenvalue weighted by molar-refractivity contribution is 5.91. The van der Waals surface area contributed by atoms with Crippen LogP contribution in [0.2, 0.25) is 0 Å². The van der Waals surface area contributed by atoms with Gasteiger partial charge in [-0.1, -0.05) is 66.2 Å². The first kappa shape index (κ1) is 27.8. The SMILES string of the molecule is Cc1ccc(OC(Oc2ccc(-c3cc(C)cc(C(=O)OC4(C)C5CC6CC(C5)CC4C6)c3)cc2)c2ccccc2)cc1. The summed E-state index contributed by atoms with van der Waals surface area (Å²) in [5.41, 5.74) is 5.43. The lowest BCUT2D eigenvalue weighted by atomic mass is 9.50. The largest absolute Gasteiger partial charge is 0.455 e. The molecule has 0 aliphatic heterocycles. The molecule has 4 aliphatic rings. The third-order valence-electron chi connectivity index (χ3n) is 10.2. The van der Waals surface area contributed by atoms with Gasteiger partial charge in [0.15, 0.2) is 0 Å². The van der Waals surface area contributed by atoms with Gasteiger partial charge in [0.1, 0.15) is 17.1 Å². The third kappa shape index (κ3) is 5.68. The molecule has 4 aromatic carbocycles. The first-order valence-corrected chi connectivity index (χ1v) is 15.7. The van der Waals surface area contributed by atoms with E-state index in [1.165, 1.54) is 37.7 Å². The number of hydrogen-bond donors (Lipinski definition) is 0. The normalized spacial score (nSPS) is 26.1. The van der Waals surface area contributed by atoms with Gasteiger partial charge in [-0.15, -0.1) is 0 Å². The molecule has 4 aromatic rings. The van der Waals surface area contributed by atoms with Crippen molar-refractivity contribution in [3.8, 4) is 22.6 Å². The summed E-state index contributed by atoms with van der Waals surface area (Å²) >= 11 is 0. The van der Waals surface area contributed by atoms with Crippen molar-refractivity contribution in [1.82, 2.24) is 0 Å². The fourth-order valence-electron chi connectivity index (χ4n) is 7.97. The first-order valence-electron chi connectivity index (χ1n) is 15.7. The van der Waals surface area contributed by atoms with Crippen LogP contribution in [0, 0.1) is 37.5 Å². The van der Waals surface area contributed by atoms with E-state index in [-0.39, 0.29) is 11.6 Å². The topological polar surface area (TPSA) is 44.8 Å². The van der Waals surface area contributed by atoms with Gasteiger partial charge in [0, 0.05) is 5.56 Å². The van der Waals surface area contributed by atoms with Crippen molar-refractivity contribution in [2.24, 2.45) is 23.7 Å². The number of hydrogen-bond acceptors (Lipinski definition) is 4. The number of rotatable bonds is 8. The van der Waals surface area contributed by atoms with Crippen LogP contribution in [0.15, 0.2) is 97.1 Å². The summed E-state index contributed by atoms with van der Waals surface area (Å²) in [5.74, 6) is 3.93. The Balaban J connectivity index is 1.08. The van der Waals surface area contributed by atoms with Crippen LogP contribution in [-0.2, 0) is 4.74 Å². The van der Waals surface area contributed by atoms with E-state index in [0.717, 1.165) is 39.8 Å². The predicted molar refractivity (Wildman–Crippen MR) is 169 cm³/mol. The van der Waals surface area contributed by atoms with E-state index in [0.29, 0.717) is 23.1 Å². The monoisotopic (exact) mass is 572 g/mol. The number of benzene rings is 4. The second-order valence-corrected chi connectivity index (χ2v) is 13.3. The molecule has 4 nitrogen and oxygen atoms in total. The Kier molecular flexibility index (Phi) is 7.25. The van der Waals surface area contributed by atoms with Crippen LogP contribution in [0.3, 0.4) is 0 Å². The van der Waals surface area contributed by atoms with Crippen LogP contribution in [0.1, 0.15) is 72.4 Å². The van der Waals surface area contributed by atoms with Crippen LogP contribution < -0.4 is 9.47 Å². The molecule has 0 spiro atoms. The number of carbonyl (C=O) groups is 1. The Hall–Kier alpha value is -4.05. The minimum Gasteiger partial charge on any atom is -0.455 e. The van der Waals surface area contributed by atoms with E-state index in [4.69, 9.17) is 14.2 Å². The quantitative estimate of drug-likeness (QED) is 0.156. The summed E-state index contributed by atoms with van der Waals surface area (Å²) in [6.07, 6.45) is 5.64. The second kappa shape index (κ2) is 11.2. The summed E-state index contributed by atoms with van der Waals surface area (Å²) in [6.45, 7) is 6.30. The Labute approximate surface area is 255 Å². The van der Waals surface area contributed by atoms with Crippen LogP contribution in [0.25, 0.3) is 11.1 Å². The smallest absolute Gasteiger partial charge is 0.338 e. The van der Waals surface area contributed by atoms with E-state index in [2.05, 4.69) is 19.9 Å². The maximum atomic E-state index is 13.6. The Morgan fingerprint density at radius 2 is 1.26 bits per heavy atom. The maximum absolute atomic E-state index is 13.6. The summed E-state index contributed by atoms with van der Waals surface area (Å²) in [7, 11) is 0. The number of aryl methyl sites for hydroxylation is 2. The molecule has 0 aromatic heterocycles. The van der Waals surface area contributed by atoms with E-state index >= 15 is 0 Å². The van der Waals surface area contributed by atoms with E-state index in [1.54, 1.807) is 0 Å². The zero-order valence-corrected chi connectivity index (χ0v) is 25.3. The molecule has 4 heteroatoms. The van der Waals surface area contributed by atoms with E-state index < -0.39 is 6.29 Å². The molecule has 0 amide bonds. The van der Waals surface area contributed by atoms with Gasteiger partial charge in [-0.3, -0.25) is 0 Å². The van der Waals surface area contributed by atoms with Crippen LogP contribution in [0.4, 0.5) is 0 Å². The molecular formula is C39H40O4. The molecule has 4 fully saturated rings. The molecular weight excluding hydrogens is 532 g/mol. The van der Waals surface area contributed by atoms with Crippen molar-refractivity contribution >= 4 is 5.97 Å². The fourth-order valence-corrected chi connectivity index (χ4v) is 7.97. The van der Waals surface area contributed by atoms with Gasteiger partial charge in [0.05, 0.1) is 5.56 Å². The molecule has 220 valence electrons. The molecule has 1 unspecified atom stereocenters. The Bertz CT molecular complexity index is 1560. The van der Waals surface area contributed by atoms with Gasteiger partial charge < -0.3 is 14.2 Å². The van der Waals surface area contributed by atoms with E-state index in [9.17, 15) is 4.79 Å². The third-order valence-corrected chi connectivity index (χ3v) is 10.2. The van der Waals surface area contributed by atoms with Gasteiger partial charge in [0.2, 0.25) is 0 Å². The van der Waals surface area contributed by atoms with Gasteiger partial charge in [-0.25, -0.2) is 4.79 Å². The van der Waals surface area contributed by atoms with Crippen LogP contribution >= 0.6 is 0 Å². The highest BCUT2D eigenvalue weighted by atomic mass is 16.7. The number of carbonyl (C=O) groups excluding carboxylic acids is 1. The Morgan fingerprint density at radius 1 is 0.674 bits per heavy atom. The lowest BCUT2D eigenvalue weighted by molar-refractivity contribution is -0.165. The summed E-state index contributed by atoms with van der Waals surface area (Å²) in [4.78, 5) is 13.6. The molecule has 43 heavy (non-hydrogen) atoms. The summed E-state index contributed by atoms with van der Waals surface area (Å²) in [6, 6.07) is 32.0. The molecule has 0 radical (unpaired) electrons. The minimum atomic E-state index is -0.596. The predicted octanol–water partition coefficient (Wildman–Crippen LogP) is 9.50. The molecule has 8 rings (SSSR count). The summed E-state index contributed by atoms with van der Waals surface area (Å²) < 4.78 is 19.1. The second-order valence-electron chi connectivity index (χ2n) is 13.3. The van der Waals surface area contributed by atoms with Crippen molar-refractivity contribution in [2.45, 2.75) is 64.8 Å². The van der Waals surface area contributed by atoms with Gasteiger partial charge >= 0.3 is 5.97 Å². The Morgan fingerprint density at radius 3 is 1.86 bits per heavy atom. The highest BCUT2D eigenvalue weighted by Crippen LogP contribution is 2.59. The minimum absolute atomic E-state index is 0.196. The molecule has 4 saturated carbocycles. The highest BCUT2D eigenvalue weighted by Gasteiger charge is 2.57. The molecule has 0 N–H and O–H groups in total. The van der Waals surface area contributed by atoms with Crippen LogP contribution in [-0.4, -0.2) is 11.6 Å². The van der Waals surface area contributed by atoms with Crippen LogP contribution in [0.5, 0.6) is 11.5 Å². The zero-order chi connectivity index (χ0) is 29.6. The molecule has 4 aliphatic carbocycles. The standard InChI is InChI=1S/C39H40O4/c1-25-9-13-35(14-10-25)41-38(30-7-5-4-6-8-30)42-36-15-11-29(12-16-36)31-17-26(2)18-32(24-31)37(40)43-39(3)33-20-27-19-28(22-33)23-34(39)21-27/h4-18,24,27-28,33-34,38H,19-23H2,1-3H3.